The van der Waals surface area contributed by atoms with E-state index in [0.717, 1.165) is 28.8 Å². The SMILES string of the molecule is CC1CC1c1nc(Cl)c2c(n1)CSC2. The van der Waals surface area contributed by atoms with E-state index in [1.54, 1.807) is 0 Å². The molecule has 0 spiro atoms. The van der Waals surface area contributed by atoms with Gasteiger partial charge in [0.1, 0.15) is 11.0 Å². The van der Waals surface area contributed by atoms with Gasteiger partial charge in [-0.3, -0.25) is 0 Å². The van der Waals surface area contributed by atoms with E-state index in [1.165, 1.54) is 12.1 Å². The van der Waals surface area contributed by atoms with Gasteiger partial charge < -0.3 is 0 Å². The third-order valence-corrected chi connectivity index (χ3v) is 4.27. The molecule has 4 heteroatoms. The second-order valence-corrected chi connectivity index (χ2v) is 5.45. The van der Waals surface area contributed by atoms with Crippen LogP contribution in [0.1, 0.15) is 36.3 Å². The fourth-order valence-electron chi connectivity index (χ4n) is 1.88. The molecule has 1 aromatic heterocycles. The number of fused-ring (bicyclic) bond motifs is 1. The number of hydrogen-bond donors (Lipinski definition) is 0. The molecule has 1 aliphatic heterocycles. The predicted octanol–water partition coefficient (Wildman–Crippen LogP) is 3.00. The summed E-state index contributed by atoms with van der Waals surface area (Å²) in [6, 6.07) is 0. The first-order valence-electron chi connectivity index (χ1n) is 4.88. The van der Waals surface area contributed by atoms with Crippen molar-refractivity contribution in [3.05, 3.63) is 22.2 Å². The molecular weight excluding hydrogens is 216 g/mol. The van der Waals surface area contributed by atoms with Gasteiger partial charge in [-0.2, -0.15) is 11.8 Å². The van der Waals surface area contributed by atoms with Crippen molar-refractivity contribution in [2.24, 2.45) is 5.92 Å². The Morgan fingerprint density at radius 2 is 2.14 bits per heavy atom. The minimum absolute atomic E-state index is 0.573. The van der Waals surface area contributed by atoms with E-state index < -0.39 is 0 Å². The Hall–Kier alpha value is -0.280. The number of halogens is 1. The number of nitrogens with zero attached hydrogens (tertiary/aromatic N) is 2. The molecule has 0 radical (unpaired) electrons. The molecular formula is C10H11ClN2S. The summed E-state index contributed by atoms with van der Waals surface area (Å²) in [6.45, 7) is 2.24. The van der Waals surface area contributed by atoms with Crippen LogP contribution in [-0.2, 0) is 11.5 Å². The summed E-state index contributed by atoms with van der Waals surface area (Å²) in [5, 5.41) is 0.689. The highest BCUT2D eigenvalue weighted by molar-refractivity contribution is 7.98. The summed E-state index contributed by atoms with van der Waals surface area (Å²) in [5.74, 6) is 4.28. The van der Waals surface area contributed by atoms with Crippen molar-refractivity contribution in [2.45, 2.75) is 30.8 Å². The predicted molar refractivity (Wildman–Crippen MR) is 58.6 cm³/mol. The fraction of sp³-hybridized carbons (Fsp3) is 0.600. The van der Waals surface area contributed by atoms with E-state index >= 15 is 0 Å². The number of thioether (sulfide) groups is 1. The van der Waals surface area contributed by atoms with E-state index in [4.69, 9.17) is 11.6 Å². The first kappa shape index (κ1) is 8.98. The van der Waals surface area contributed by atoms with Crippen LogP contribution in [0.4, 0.5) is 0 Å². The van der Waals surface area contributed by atoms with Gasteiger partial charge in [-0.1, -0.05) is 18.5 Å². The largest absolute Gasteiger partial charge is 0.236 e. The summed E-state index contributed by atoms with van der Waals surface area (Å²) in [7, 11) is 0. The van der Waals surface area contributed by atoms with Gasteiger partial charge in [0, 0.05) is 23.0 Å². The standard InChI is InChI=1S/C10H11ClN2S/c1-5-2-6(5)10-12-8-4-14-3-7(8)9(11)13-10/h5-6H,2-4H2,1H3. The topological polar surface area (TPSA) is 25.8 Å². The zero-order valence-electron chi connectivity index (χ0n) is 7.96. The molecule has 0 amide bonds. The highest BCUT2D eigenvalue weighted by atomic mass is 35.5. The van der Waals surface area contributed by atoms with Gasteiger partial charge in [-0.15, -0.1) is 0 Å². The molecule has 0 bridgehead atoms. The molecule has 14 heavy (non-hydrogen) atoms. The van der Waals surface area contributed by atoms with Crippen LogP contribution in [0.15, 0.2) is 0 Å². The van der Waals surface area contributed by atoms with Gasteiger partial charge in [0.05, 0.1) is 5.69 Å². The lowest BCUT2D eigenvalue weighted by molar-refractivity contribution is 0.827. The third kappa shape index (κ3) is 1.34. The molecule has 2 aliphatic rings. The van der Waals surface area contributed by atoms with Gasteiger partial charge in [0.25, 0.3) is 0 Å². The van der Waals surface area contributed by atoms with Crippen LogP contribution in [0.25, 0.3) is 0 Å². The quantitative estimate of drug-likeness (QED) is 0.689. The zero-order chi connectivity index (χ0) is 9.71. The zero-order valence-corrected chi connectivity index (χ0v) is 9.53. The smallest absolute Gasteiger partial charge is 0.137 e. The maximum atomic E-state index is 6.13. The molecule has 2 nitrogen and oxygen atoms in total. The van der Waals surface area contributed by atoms with E-state index in [1.807, 2.05) is 11.8 Å². The molecule has 1 aliphatic carbocycles. The van der Waals surface area contributed by atoms with Crippen molar-refractivity contribution in [1.29, 1.82) is 0 Å². The summed E-state index contributed by atoms with van der Waals surface area (Å²) >= 11 is 8.00. The highest BCUT2D eigenvalue weighted by Gasteiger charge is 2.37. The second kappa shape index (κ2) is 3.11. The van der Waals surface area contributed by atoms with Crippen molar-refractivity contribution in [3.8, 4) is 0 Å². The first-order valence-corrected chi connectivity index (χ1v) is 6.42. The molecule has 0 saturated heterocycles. The van der Waals surface area contributed by atoms with Crippen LogP contribution >= 0.6 is 23.4 Å². The lowest BCUT2D eigenvalue weighted by Gasteiger charge is -2.03. The maximum Gasteiger partial charge on any atom is 0.137 e. The molecule has 1 saturated carbocycles. The molecule has 2 atom stereocenters. The lowest BCUT2D eigenvalue weighted by Crippen LogP contribution is -2.00. The molecule has 2 unspecified atom stereocenters. The molecule has 0 N–H and O–H groups in total. The fourth-order valence-corrected chi connectivity index (χ4v) is 3.26. The van der Waals surface area contributed by atoms with Gasteiger partial charge in [-0.05, 0) is 12.3 Å². The van der Waals surface area contributed by atoms with Crippen molar-refractivity contribution in [2.75, 3.05) is 0 Å². The Bertz CT molecular complexity index is 394. The molecule has 0 aromatic carbocycles. The van der Waals surface area contributed by atoms with Crippen LogP contribution < -0.4 is 0 Å². The van der Waals surface area contributed by atoms with Crippen LogP contribution in [-0.4, -0.2) is 9.97 Å². The lowest BCUT2D eigenvalue weighted by atomic mass is 10.2. The van der Waals surface area contributed by atoms with Crippen molar-refractivity contribution in [3.63, 3.8) is 0 Å². The van der Waals surface area contributed by atoms with E-state index in [2.05, 4.69) is 16.9 Å². The normalized spacial score (nSPS) is 29.0. The minimum atomic E-state index is 0.573. The number of rotatable bonds is 1. The van der Waals surface area contributed by atoms with Crippen LogP contribution in [0, 0.1) is 5.92 Å². The minimum Gasteiger partial charge on any atom is -0.236 e. The van der Waals surface area contributed by atoms with Gasteiger partial charge in [-0.25, -0.2) is 9.97 Å². The number of hydrogen-bond acceptors (Lipinski definition) is 3. The Morgan fingerprint density at radius 1 is 1.36 bits per heavy atom. The average Bonchev–Trinajstić information content (AvgIpc) is 2.71. The maximum absolute atomic E-state index is 6.13. The second-order valence-electron chi connectivity index (χ2n) is 4.11. The molecule has 74 valence electrons. The van der Waals surface area contributed by atoms with Gasteiger partial charge >= 0.3 is 0 Å². The summed E-state index contributed by atoms with van der Waals surface area (Å²) in [6.07, 6.45) is 1.22. The average molecular weight is 227 g/mol. The van der Waals surface area contributed by atoms with Crippen LogP contribution in [0.2, 0.25) is 5.15 Å². The van der Waals surface area contributed by atoms with Crippen molar-refractivity contribution < 1.29 is 0 Å². The number of aromatic nitrogens is 2. The molecule has 1 aromatic rings. The highest BCUT2D eigenvalue weighted by Crippen LogP contribution is 2.46. The van der Waals surface area contributed by atoms with Gasteiger partial charge in [0.2, 0.25) is 0 Å². The van der Waals surface area contributed by atoms with Crippen molar-refractivity contribution >= 4 is 23.4 Å². The van der Waals surface area contributed by atoms with E-state index in [9.17, 15) is 0 Å². The summed E-state index contributed by atoms with van der Waals surface area (Å²) in [4.78, 5) is 9.01. The Morgan fingerprint density at radius 3 is 2.86 bits per heavy atom. The summed E-state index contributed by atoms with van der Waals surface area (Å²) < 4.78 is 0. The molecule has 1 fully saturated rings. The van der Waals surface area contributed by atoms with E-state index in [-0.39, 0.29) is 0 Å². The van der Waals surface area contributed by atoms with Crippen LogP contribution in [0.3, 0.4) is 0 Å². The summed E-state index contributed by atoms with van der Waals surface area (Å²) in [5.41, 5.74) is 2.33. The third-order valence-electron chi connectivity index (χ3n) is 2.99. The monoisotopic (exact) mass is 226 g/mol. The Balaban J connectivity index is 2.03. The Kier molecular flexibility index (Phi) is 1.99. The van der Waals surface area contributed by atoms with E-state index in [0.29, 0.717) is 11.1 Å². The van der Waals surface area contributed by atoms with Gasteiger partial charge in [0.15, 0.2) is 0 Å². The Labute approximate surface area is 92.5 Å². The molecule has 3 rings (SSSR count). The molecule has 2 heterocycles. The first-order chi connectivity index (χ1) is 6.75. The van der Waals surface area contributed by atoms with Crippen LogP contribution in [0.5, 0.6) is 0 Å². The van der Waals surface area contributed by atoms with Crippen molar-refractivity contribution in [1.82, 2.24) is 9.97 Å².